The summed E-state index contributed by atoms with van der Waals surface area (Å²) in [6, 6.07) is 12.0. The van der Waals surface area contributed by atoms with Gasteiger partial charge in [-0.15, -0.1) is 0 Å². The molecule has 0 atom stereocenters. The van der Waals surface area contributed by atoms with Crippen LogP contribution >= 0.6 is 11.6 Å². The number of halogens is 1. The van der Waals surface area contributed by atoms with E-state index in [1.54, 1.807) is 0 Å². The number of anilines is 1. The van der Waals surface area contributed by atoms with Crippen molar-refractivity contribution in [1.29, 1.82) is 0 Å². The second kappa shape index (κ2) is 6.63. The van der Waals surface area contributed by atoms with Gasteiger partial charge in [0.15, 0.2) is 0 Å². The second-order valence-corrected chi connectivity index (χ2v) is 6.80. The molecule has 2 aromatic heterocycles. The number of nitrogens with zero attached hydrogens (tertiary/aromatic N) is 2. The van der Waals surface area contributed by atoms with E-state index >= 15 is 0 Å². The third kappa shape index (κ3) is 3.50. The van der Waals surface area contributed by atoms with E-state index in [0.29, 0.717) is 5.92 Å². The van der Waals surface area contributed by atoms with E-state index in [0.717, 1.165) is 40.7 Å². The van der Waals surface area contributed by atoms with Gasteiger partial charge in [-0.1, -0.05) is 43.6 Å². The summed E-state index contributed by atoms with van der Waals surface area (Å²) in [5.41, 5.74) is 4.20. The first-order chi connectivity index (χ1) is 11.0. The maximum atomic E-state index is 6.02. The van der Waals surface area contributed by atoms with Gasteiger partial charge in [0.2, 0.25) is 0 Å². The van der Waals surface area contributed by atoms with Crippen LogP contribution in [0, 0.1) is 12.8 Å². The van der Waals surface area contributed by atoms with E-state index in [-0.39, 0.29) is 0 Å². The molecular formula is C19H22ClN3. The molecule has 3 aromatic rings. The maximum Gasteiger partial charge on any atom is 0.139 e. The minimum atomic E-state index is 0.669. The van der Waals surface area contributed by atoms with Crippen molar-refractivity contribution in [3.8, 4) is 11.3 Å². The van der Waals surface area contributed by atoms with Crippen molar-refractivity contribution in [1.82, 2.24) is 9.38 Å². The van der Waals surface area contributed by atoms with Crippen LogP contribution in [-0.4, -0.2) is 15.9 Å². The normalized spacial score (nSPS) is 11.3. The van der Waals surface area contributed by atoms with Crippen LogP contribution in [0.3, 0.4) is 0 Å². The molecule has 3 rings (SSSR count). The molecule has 0 aliphatic rings. The lowest BCUT2D eigenvalue weighted by Crippen LogP contribution is -2.07. The first kappa shape index (κ1) is 15.9. The zero-order chi connectivity index (χ0) is 16.4. The Morgan fingerprint density at radius 3 is 2.57 bits per heavy atom. The van der Waals surface area contributed by atoms with Crippen LogP contribution in [0.25, 0.3) is 16.9 Å². The minimum absolute atomic E-state index is 0.669. The number of pyridine rings is 1. The predicted molar refractivity (Wildman–Crippen MR) is 98.3 cm³/mol. The van der Waals surface area contributed by atoms with Gasteiger partial charge in [0.1, 0.15) is 17.2 Å². The fraction of sp³-hybridized carbons (Fsp3) is 0.316. The van der Waals surface area contributed by atoms with Crippen LogP contribution in [0.4, 0.5) is 5.82 Å². The molecule has 4 heteroatoms. The summed E-state index contributed by atoms with van der Waals surface area (Å²) in [6.45, 7) is 7.50. The molecular weight excluding hydrogens is 306 g/mol. The number of hydrogen-bond acceptors (Lipinski definition) is 2. The summed E-state index contributed by atoms with van der Waals surface area (Å²) in [7, 11) is 0. The van der Waals surface area contributed by atoms with Gasteiger partial charge in [0, 0.05) is 23.3 Å². The number of fused-ring (bicyclic) bond motifs is 1. The molecule has 0 amide bonds. The predicted octanol–water partition coefficient (Wildman–Crippen LogP) is 5.42. The van der Waals surface area contributed by atoms with Gasteiger partial charge in [-0.05, 0) is 43.0 Å². The van der Waals surface area contributed by atoms with Crippen molar-refractivity contribution in [2.75, 3.05) is 11.9 Å². The van der Waals surface area contributed by atoms with E-state index in [9.17, 15) is 0 Å². The second-order valence-electron chi connectivity index (χ2n) is 6.36. The summed E-state index contributed by atoms with van der Waals surface area (Å²) in [4.78, 5) is 4.81. The number of imidazole rings is 1. The van der Waals surface area contributed by atoms with Crippen molar-refractivity contribution < 1.29 is 0 Å². The van der Waals surface area contributed by atoms with Crippen molar-refractivity contribution >= 4 is 23.1 Å². The Kier molecular flexibility index (Phi) is 4.58. The Morgan fingerprint density at radius 2 is 1.87 bits per heavy atom. The topological polar surface area (TPSA) is 29.3 Å². The highest BCUT2D eigenvalue weighted by Crippen LogP contribution is 2.30. The lowest BCUT2D eigenvalue weighted by Gasteiger charge is -2.10. The third-order valence-corrected chi connectivity index (χ3v) is 4.15. The van der Waals surface area contributed by atoms with E-state index in [2.05, 4.69) is 48.8 Å². The maximum absolute atomic E-state index is 6.02. The highest BCUT2D eigenvalue weighted by molar-refractivity contribution is 6.30. The van der Waals surface area contributed by atoms with Gasteiger partial charge in [0.25, 0.3) is 0 Å². The molecule has 0 unspecified atom stereocenters. The summed E-state index contributed by atoms with van der Waals surface area (Å²) in [5, 5.41) is 4.31. The Labute approximate surface area is 142 Å². The SMILES string of the molecule is Cc1ccc2nc(-c3ccc(Cl)cc3)c(NCCC(C)C)n2c1. The molecule has 0 radical (unpaired) electrons. The van der Waals surface area contributed by atoms with Crippen molar-refractivity contribution in [2.24, 2.45) is 5.92 Å². The van der Waals surface area contributed by atoms with E-state index in [1.165, 1.54) is 5.56 Å². The van der Waals surface area contributed by atoms with Crippen LogP contribution in [0.5, 0.6) is 0 Å². The average molecular weight is 328 g/mol. The van der Waals surface area contributed by atoms with Crippen LogP contribution in [0.15, 0.2) is 42.6 Å². The van der Waals surface area contributed by atoms with E-state index in [1.807, 2.05) is 24.3 Å². The number of benzene rings is 1. The highest BCUT2D eigenvalue weighted by Gasteiger charge is 2.14. The molecule has 0 bridgehead atoms. The highest BCUT2D eigenvalue weighted by atomic mass is 35.5. The van der Waals surface area contributed by atoms with Gasteiger partial charge < -0.3 is 5.32 Å². The van der Waals surface area contributed by atoms with Crippen LogP contribution in [0.1, 0.15) is 25.8 Å². The Morgan fingerprint density at radius 1 is 1.13 bits per heavy atom. The molecule has 2 heterocycles. The van der Waals surface area contributed by atoms with Gasteiger partial charge in [-0.3, -0.25) is 4.40 Å². The molecule has 23 heavy (non-hydrogen) atoms. The zero-order valence-electron chi connectivity index (χ0n) is 13.8. The van der Waals surface area contributed by atoms with Gasteiger partial charge in [0.05, 0.1) is 0 Å². The lowest BCUT2D eigenvalue weighted by atomic mass is 10.1. The number of aryl methyl sites for hydroxylation is 1. The minimum Gasteiger partial charge on any atom is -0.369 e. The first-order valence-corrected chi connectivity index (χ1v) is 8.41. The molecule has 0 saturated heterocycles. The molecule has 120 valence electrons. The number of rotatable bonds is 5. The van der Waals surface area contributed by atoms with Gasteiger partial charge in [-0.2, -0.15) is 0 Å². The summed E-state index contributed by atoms with van der Waals surface area (Å²) >= 11 is 6.02. The van der Waals surface area contributed by atoms with Gasteiger partial charge in [-0.25, -0.2) is 4.98 Å². The molecule has 0 spiro atoms. The smallest absolute Gasteiger partial charge is 0.139 e. The fourth-order valence-corrected chi connectivity index (χ4v) is 2.73. The number of hydrogen-bond donors (Lipinski definition) is 1. The van der Waals surface area contributed by atoms with Gasteiger partial charge >= 0.3 is 0 Å². The summed E-state index contributed by atoms with van der Waals surface area (Å²) < 4.78 is 2.14. The Bertz CT molecular complexity index is 803. The largest absolute Gasteiger partial charge is 0.369 e. The molecule has 0 fully saturated rings. The molecule has 1 aromatic carbocycles. The van der Waals surface area contributed by atoms with Crippen LogP contribution in [-0.2, 0) is 0 Å². The summed E-state index contributed by atoms with van der Waals surface area (Å²) in [5.74, 6) is 1.72. The first-order valence-electron chi connectivity index (χ1n) is 8.03. The van der Waals surface area contributed by atoms with Crippen molar-refractivity contribution in [2.45, 2.75) is 27.2 Å². The third-order valence-electron chi connectivity index (χ3n) is 3.90. The van der Waals surface area contributed by atoms with E-state index in [4.69, 9.17) is 16.6 Å². The van der Waals surface area contributed by atoms with Crippen molar-refractivity contribution in [3.05, 3.63) is 53.2 Å². The number of nitrogens with one attached hydrogen (secondary N) is 1. The van der Waals surface area contributed by atoms with E-state index < -0.39 is 0 Å². The molecule has 1 N–H and O–H groups in total. The molecule has 0 aliphatic carbocycles. The van der Waals surface area contributed by atoms with Crippen LogP contribution < -0.4 is 5.32 Å². The monoisotopic (exact) mass is 327 g/mol. The Hall–Kier alpha value is -2.00. The van der Waals surface area contributed by atoms with Crippen LogP contribution in [0.2, 0.25) is 5.02 Å². The number of aromatic nitrogens is 2. The van der Waals surface area contributed by atoms with Crippen molar-refractivity contribution in [3.63, 3.8) is 0 Å². The lowest BCUT2D eigenvalue weighted by molar-refractivity contribution is 0.606. The zero-order valence-corrected chi connectivity index (χ0v) is 14.6. The fourth-order valence-electron chi connectivity index (χ4n) is 2.61. The molecule has 3 nitrogen and oxygen atoms in total. The molecule has 0 saturated carbocycles. The standard InChI is InChI=1S/C19H22ClN3/c1-13(2)10-11-21-19-18(15-5-7-16(20)8-6-15)22-17-9-4-14(3)12-23(17)19/h4-9,12-13,21H,10-11H2,1-3H3. The quantitative estimate of drug-likeness (QED) is 0.677. The molecule has 0 aliphatic heterocycles. The average Bonchev–Trinajstić information content (AvgIpc) is 2.86. The summed E-state index contributed by atoms with van der Waals surface area (Å²) in [6.07, 6.45) is 3.25. The Balaban J connectivity index is 2.06.